The number of benzene rings is 1. The van der Waals surface area contributed by atoms with Gasteiger partial charge in [0.1, 0.15) is 0 Å². The van der Waals surface area contributed by atoms with Gasteiger partial charge in [0.05, 0.1) is 0 Å². The van der Waals surface area contributed by atoms with Crippen molar-refractivity contribution in [2.75, 3.05) is 16.8 Å². The first-order valence-electron chi connectivity index (χ1n) is 7.04. The fraction of sp³-hybridized carbons (Fsp3) is 0.375. The van der Waals surface area contributed by atoms with Gasteiger partial charge in [-0.2, -0.15) is 0 Å². The number of fused-ring (bicyclic) bond motifs is 1. The summed E-state index contributed by atoms with van der Waals surface area (Å²) < 4.78 is 0. The molecule has 0 atom stereocenters. The van der Waals surface area contributed by atoms with E-state index >= 15 is 0 Å². The summed E-state index contributed by atoms with van der Waals surface area (Å²) >= 11 is 0. The number of carbonyl (C=O) groups is 2. The summed E-state index contributed by atoms with van der Waals surface area (Å²) in [6.07, 6.45) is 5.01. The van der Waals surface area contributed by atoms with Gasteiger partial charge >= 0.3 is 0 Å². The van der Waals surface area contributed by atoms with Crippen LogP contribution in [0.2, 0.25) is 0 Å². The first-order chi connectivity index (χ1) is 9.67. The number of nitrogens with one attached hydrogen (secondary N) is 1. The van der Waals surface area contributed by atoms with E-state index in [-0.39, 0.29) is 11.8 Å². The molecule has 1 aliphatic heterocycles. The van der Waals surface area contributed by atoms with Crippen LogP contribution in [0.1, 0.15) is 24.8 Å². The van der Waals surface area contributed by atoms with Gasteiger partial charge in [-0.3, -0.25) is 9.59 Å². The first-order valence-corrected chi connectivity index (χ1v) is 7.04. The molecule has 20 heavy (non-hydrogen) atoms. The highest BCUT2D eigenvalue weighted by atomic mass is 16.2. The summed E-state index contributed by atoms with van der Waals surface area (Å²) in [5, 5.41) is 2.76. The number of anilines is 2. The quantitative estimate of drug-likeness (QED) is 0.855. The van der Waals surface area contributed by atoms with Crippen molar-refractivity contribution in [1.29, 1.82) is 0 Å². The van der Waals surface area contributed by atoms with Gasteiger partial charge in [-0.15, -0.1) is 0 Å². The lowest BCUT2D eigenvalue weighted by molar-refractivity contribution is -0.119. The van der Waals surface area contributed by atoms with E-state index in [1.54, 1.807) is 0 Å². The van der Waals surface area contributed by atoms with Crippen molar-refractivity contribution in [1.82, 2.24) is 0 Å². The van der Waals surface area contributed by atoms with E-state index in [0.29, 0.717) is 12.3 Å². The second-order valence-electron chi connectivity index (χ2n) is 5.48. The van der Waals surface area contributed by atoms with E-state index in [4.69, 9.17) is 0 Å². The van der Waals surface area contributed by atoms with Gasteiger partial charge in [0.15, 0.2) is 0 Å². The summed E-state index contributed by atoms with van der Waals surface area (Å²) in [6.45, 7) is 4.28. The van der Waals surface area contributed by atoms with Crippen LogP contribution >= 0.6 is 0 Å². The van der Waals surface area contributed by atoms with Crippen LogP contribution in [-0.2, 0) is 16.0 Å². The standard InChI is InChI=1S/C16H18N2O2/c1-2-15(19)17-13-6-7-14-12(9-13)5-8-16(20)18(14)10-11-3-4-11/h2,6-7,9,11H,1,3-5,8,10H2,(H,17,19). The van der Waals surface area contributed by atoms with E-state index in [9.17, 15) is 9.59 Å². The Morgan fingerprint density at radius 1 is 1.40 bits per heavy atom. The maximum atomic E-state index is 12.1. The van der Waals surface area contributed by atoms with Crippen LogP contribution in [0.5, 0.6) is 0 Å². The van der Waals surface area contributed by atoms with Gasteiger partial charge in [0.2, 0.25) is 11.8 Å². The predicted octanol–water partition coefficient (Wildman–Crippen LogP) is 2.50. The highest BCUT2D eigenvalue weighted by molar-refractivity contribution is 6.00. The van der Waals surface area contributed by atoms with Crippen LogP contribution in [0.25, 0.3) is 0 Å². The Kier molecular flexibility index (Phi) is 3.30. The summed E-state index contributed by atoms with van der Waals surface area (Å²) in [5.74, 6) is 0.670. The van der Waals surface area contributed by atoms with Crippen LogP contribution < -0.4 is 10.2 Å². The summed E-state index contributed by atoms with van der Waals surface area (Å²) in [6, 6.07) is 5.75. The lowest BCUT2D eigenvalue weighted by Gasteiger charge is -2.30. The number of amides is 2. The van der Waals surface area contributed by atoms with Crippen molar-refractivity contribution in [3.05, 3.63) is 36.4 Å². The Hall–Kier alpha value is -2.10. The fourth-order valence-electron chi connectivity index (χ4n) is 2.59. The second-order valence-corrected chi connectivity index (χ2v) is 5.48. The topological polar surface area (TPSA) is 49.4 Å². The number of rotatable bonds is 4. The Balaban J connectivity index is 1.85. The number of aryl methyl sites for hydroxylation is 1. The Bertz CT molecular complexity index is 576. The molecular formula is C16H18N2O2. The molecule has 1 heterocycles. The normalized spacial score (nSPS) is 17.6. The van der Waals surface area contributed by atoms with Crippen molar-refractivity contribution in [2.45, 2.75) is 25.7 Å². The van der Waals surface area contributed by atoms with Crippen LogP contribution in [0.15, 0.2) is 30.9 Å². The van der Waals surface area contributed by atoms with Crippen molar-refractivity contribution in [2.24, 2.45) is 5.92 Å². The number of nitrogens with zero attached hydrogens (tertiary/aromatic N) is 1. The molecule has 1 N–H and O–H groups in total. The molecule has 3 rings (SSSR count). The average Bonchev–Trinajstić information content (AvgIpc) is 3.26. The minimum Gasteiger partial charge on any atom is -0.323 e. The molecule has 4 heteroatoms. The van der Waals surface area contributed by atoms with Crippen molar-refractivity contribution < 1.29 is 9.59 Å². The van der Waals surface area contributed by atoms with E-state index in [1.807, 2.05) is 23.1 Å². The molecule has 0 bridgehead atoms. The zero-order valence-corrected chi connectivity index (χ0v) is 11.4. The number of carbonyl (C=O) groups excluding carboxylic acids is 2. The molecule has 1 saturated carbocycles. The van der Waals surface area contributed by atoms with Gasteiger partial charge in [-0.05, 0) is 55.0 Å². The van der Waals surface area contributed by atoms with Crippen LogP contribution in [-0.4, -0.2) is 18.4 Å². The second kappa shape index (κ2) is 5.12. The molecule has 104 valence electrons. The minimum absolute atomic E-state index is 0.215. The van der Waals surface area contributed by atoms with Gasteiger partial charge in [-0.1, -0.05) is 6.58 Å². The maximum Gasteiger partial charge on any atom is 0.247 e. The third-order valence-corrected chi connectivity index (χ3v) is 3.87. The minimum atomic E-state index is -0.216. The predicted molar refractivity (Wildman–Crippen MR) is 78.7 cm³/mol. The van der Waals surface area contributed by atoms with Gasteiger partial charge in [0.25, 0.3) is 0 Å². The van der Waals surface area contributed by atoms with E-state index in [1.165, 1.54) is 18.9 Å². The molecular weight excluding hydrogens is 252 g/mol. The van der Waals surface area contributed by atoms with E-state index in [0.717, 1.165) is 29.9 Å². The molecule has 2 aliphatic rings. The molecule has 0 radical (unpaired) electrons. The Morgan fingerprint density at radius 2 is 2.20 bits per heavy atom. The third kappa shape index (κ3) is 2.59. The Labute approximate surface area is 118 Å². The average molecular weight is 270 g/mol. The van der Waals surface area contributed by atoms with Crippen molar-refractivity contribution >= 4 is 23.2 Å². The molecule has 4 nitrogen and oxygen atoms in total. The van der Waals surface area contributed by atoms with Crippen molar-refractivity contribution in [3.8, 4) is 0 Å². The SMILES string of the molecule is C=CC(=O)Nc1ccc2c(c1)CCC(=O)N2CC1CC1. The smallest absolute Gasteiger partial charge is 0.247 e. The lowest BCUT2D eigenvalue weighted by Crippen LogP contribution is -2.36. The molecule has 0 aromatic heterocycles. The highest BCUT2D eigenvalue weighted by Gasteiger charge is 2.30. The van der Waals surface area contributed by atoms with Crippen molar-refractivity contribution in [3.63, 3.8) is 0 Å². The number of hydrogen-bond acceptors (Lipinski definition) is 2. The summed E-state index contributed by atoms with van der Waals surface area (Å²) in [5.41, 5.74) is 2.89. The molecule has 1 fully saturated rings. The van der Waals surface area contributed by atoms with E-state index in [2.05, 4.69) is 11.9 Å². The fourth-order valence-corrected chi connectivity index (χ4v) is 2.59. The molecule has 1 aromatic carbocycles. The van der Waals surface area contributed by atoms with Crippen LogP contribution in [0.4, 0.5) is 11.4 Å². The largest absolute Gasteiger partial charge is 0.323 e. The molecule has 0 saturated heterocycles. The van der Waals surface area contributed by atoms with E-state index < -0.39 is 0 Å². The van der Waals surface area contributed by atoms with Crippen LogP contribution in [0.3, 0.4) is 0 Å². The molecule has 1 aliphatic carbocycles. The first kappa shape index (κ1) is 12.9. The highest BCUT2D eigenvalue weighted by Crippen LogP contribution is 2.36. The zero-order valence-electron chi connectivity index (χ0n) is 11.4. The van der Waals surface area contributed by atoms with Gasteiger partial charge in [-0.25, -0.2) is 0 Å². The number of hydrogen-bond donors (Lipinski definition) is 1. The summed E-state index contributed by atoms with van der Waals surface area (Å²) in [4.78, 5) is 25.3. The maximum absolute atomic E-state index is 12.1. The summed E-state index contributed by atoms with van der Waals surface area (Å²) in [7, 11) is 0. The molecule has 1 aromatic rings. The van der Waals surface area contributed by atoms with Crippen LogP contribution in [0, 0.1) is 5.92 Å². The zero-order chi connectivity index (χ0) is 14.1. The monoisotopic (exact) mass is 270 g/mol. The molecule has 0 spiro atoms. The molecule has 0 unspecified atom stereocenters. The lowest BCUT2D eigenvalue weighted by atomic mass is 10.00. The molecule has 2 amide bonds. The van der Waals surface area contributed by atoms with Gasteiger partial charge in [0, 0.05) is 24.3 Å². The third-order valence-electron chi connectivity index (χ3n) is 3.87. The Morgan fingerprint density at radius 3 is 2.90 bits per heavy atom. The van der Waals surface area contributed by atoms with Gasteiger partial charge < -0.3 is 10.2 Å².